The SMILES string of the molecule is C=CCNc1ncc2c(n1)N(C)C(=O)N(c1cc(NC(=O)c3cccc(C(F)(F)F)c3)ccc1C)C2. The monoisotopic (exact) mass is 496 g/mol. The number of rotatable bonds is 6. The Kier molecular flexibility index (Phi) is 6.65. The second-order valence-corrected chi connectivity index (χ2v) is 8.17. The fourth-order valence-electron chi connectivity index (χ4n) is 3.76. The van der Waals surface area contributed by atoms with Crippen LogP contribution in [0.4, 0.5) is 41.1 Å². The van der Waals surface area contributed by atoms with Crippen LogP contribution in [0.2, 0.25) is 0 Å². The van der Waals surface area contributed by atoms with E-state index in [4.69, 9.17) is 0 Å². The highest BCUT2D eigenvalue weighted by atomic mass is 19.4. The Morgan fingerprint density at radius 2 is 2.00 bits per heavy atom. The number of hydrogen-bond donors (Lipinski definition) is 2. The Hall–Kier alpha value is -4.41. The summed E-state index contributed by atoms with van der Waals surface area (Å²) in [4.78, 5) is 37.5. The van der Waals surface area contributed by atoms with Crippen molar-refractivity contribution in [2.24, 2.45) is 0 Å². The molecule has 0 saturated heterocycles. The maximum atomic E-state index is 13.2. The summed E-state index contributed by atoms with van der Waals surface area (Å²) >= 11 is 0. The van der Waals surface area contributed by atoms with Crippen molar-refractivity contribution >= 4 is 35.1 Å². The molecule has 0 radical (unpaired) electrons. The summed E-state index contributed by atoms with van der Waals surface area (Å²) in [5.41, 5.74) is 1.31. The average Bonchev–Trinajstić information content (AvgIpc) is 2.86. The highest BCUT2D eigenvalue weighted by Crippen LogP contribution is 2.33. The summed E-state index contributed by atoms with van der Waals surface area (Å²) in [5, 5.41) is 5.61. The van der Waals surface area contributed by atoms with Crippen molar-refractivity contribution in [3.05, 3.63) is 83.6 Å². The maximum absolute atomic E-state index is 13.2. The summed E-state index contributed by atoms with van der Waals surface area (Å²) in [6.07, 6.45) is -1.25. The van der Waals surface area contributed by atoms with Crippen molar-refractivity contribution in [2.45, 2.75) is 19.6 Å². The van der Waals surface area contributed by atoms with Crippen LogP contribution in [0.1, 0.15) is 27.0 Å². The number of urea groups is 1. The van der Waals surface area contributed by atoms with Gasteiger partial charge in [-0.25, -0.2) is 9.78 Å². The van der Waals surface area contributed by atoms with Crippen LogP contribution >= 0.6 is 0 Å². The van der Waals surface area contributed by atoms with Crippen LogP contribution in [0.25, 0.3) is 0 Å². The van der Waals surface area contributed by atoms with Crippen LogP contribution in [-0.4, -0.2) is 35.5 Å². The molecule has 2 aromatic carbocycles. The Morgan fingerprint density at radius 3 is 2.72 bits per heavy atom. The zero-order chi connectivity index (χ0) is 26.0. The van der Waals surface area contributed by atoms with Crippen molar-refractivity contribution in [1.82, 2.24) is 9.97 Å². The molecule has 2 heterocycles. The molecule has 1 aliphatic heterocycles. The summed E-state index contributed by atoms with van der Waals surface area (Å²) in [5.74, 6) is 0.151. The predicted octanol–water partition coefficient (Wildman–Crippen LogP) is 5.23. The molecule has 0 unspecified atom stereocenters. The van der Waals surface area contributed by atoms with Crippen molar-refractivity contribution in [1.29, 1.82) is 0 Å². The number of hydrogen-bond acceptors (Lipinski definition) is 5. The van der Waals surface area contributed by atoms with Gasteiger partial charge in [0.2, 0.25) is 5.95 Å². The lowest BCUT2D eigenvalue weighted by atomic mass is 10.1. The van der Waals surface area contributed by atoms with Crippen molar-refractivity contribution in [2.75, 3.05) is 34.0 Å². The quantitative estimate of drug-likeness (QED) is 0.456. The van der Waals surface area contributed by atoms with Crippen molar-refractivity contribution in [3.8, 4) is 0 Å². The largest absolute Gasteiger partial charge is 0.416 e. The van der Waals surface area contributed by atoms with Gasteiger partial charge in [-0.2, -0.15) is 18.2 Å². The molecule has 0 spiro atoms. The lowest BCUT2D eigenvalue weighted by Crippen LogP contribution is -2.46. The molecule has 36 heavy (non-hydrogen) atoms. The molecule has 1 aliphatic rings. The molecule has 4 rings (SSSR count). The first-order chi connectivity index (χ1) is 17.1. The third-order valence-electron chi connectivity index (χ3n) is 5.62. The van der Waals surface area contributed by atoms with E-state index in [0.717, 1.165) is 23.3 Å². The third kappa shape index (κ3) is 4.99. The summed E-state index contributed by atoms with van der Waals surface area (Å²) < 4.78 is 39.1. The van der Waals surface area contributed by atoms with Crippen LogP contribution in [0.5, 0.6) is 0 Å². The second-order valence-electron chi connectivity index (χ2n) is 8.17. The first-order valence-corrected chi connectivity index (χ1v) is 10.9. The molecule has 0 bridgehead atoms. The number of aromatic nitrogens is 2. The third-order valence-corrected chi connectivity index (χ3v) is 5.62. The highest BCUT2D eigenvalue weighted by Gasteiger charge is 2.32. The number of nitrogens with zero attached hydrogens (tertiary/aromatic N) is 4. The Morgan fingerprint density at radius 1 is 1.22 bits per heavy atom. The molecule has 1 aromatic heterocycles. The molecule has 3 amide bonds. The fraction of sp³-hybridized carbons (Fsp3) is 0.200. The van der Waals surface area contributed by atoms with E-state index in [2.05, 4.69) is 27.2 Å². The van der Waals surface area contributed by atoms with Gasteiger partial charge in [0.1, 0.15) is 5.82 Å². The van der Waals surface area contributed by atoms with E-state index in [-0.39, 0.29) is 18.1 Å². The van der Waals surface area contributed by atoms with Gasteiger partial charge < -0.3 is 10.6 Å². The number of benzene rings is 2. The number of alkyl halides is 3. The maximum Gasteiger partial charge on any atom is 0.416 e. The summed E-state index contributed by atoms with van der Waals surface area (Å²) in [6.45, 7) is 6.13. The van der Waals surface area contributed by atoms with Crippen molar-refractivity contribution in [3.63, 3.8) is 0 Å². The number of halogens is 3. The number of fused-ring (bicyclic) bond motifs is 1. The minimum atomic E-state index is -4.56. The summed E-state index contributed by atoms with van der Waals surface area (Å²) in [7, 11) is 1.60. The van der Waals surface area contributed by atoms with Gasteiger partial charge in [-0.3, -0.25) is 14.6 Å². The second kappa shape index (κ2) is 9.68. The Balaban J connectivity index is 1.59. The molecule has 0 atom stereocenters. The number of nitrogens with one attached hydrogen (secondary N) is 2. The lowest BCUT2D eigenvalue weighted by molar-refractivity contribution is -0.137. The molecule has 2 N–H and O–H groups in total. The van der Waals surface area contributed by atoms with Crippen LogP contribution in [0, 0.1) is 6.92 Å². The van der Waals surface area contributed by atoms with Gasteiger partial charge in [-0.15, -0.1) is 6.58 Å². The van der Waals surface area contributed by atoms with Crippen LogP contribution in [0.15, 0.2) is 61.3 Å². The van der Waals surface area contributed by atoms with Crippen molar-refractivity contribution < 1.29 is 22.8 Å². The van der Waals surface area contributed by atoms with Gasteiger partial charge in [-0.05, 0) is 42.8 Å². The zero-order valence-electron chi connectivity index (χ0n) is 19.6. The number of amides is 3. The van der Waals surface area contributed by atoms with Crippen LogP contribution in [0.3, 0.4) is 0 Å². The summed E-state index contributed by atoms with van der Waals surface area (Å²) in [6, 6.07) is 8.80. The minimum Gasteiger partial charge on any atom is -0.351 e. The molecule has 186 valence electrons. The minimum absolute atomic E-state index is 0.132. The van der Waals surface area contributed by atoms with E-state index in [9.17, 15) is 22.8 Å². The molecule has 0 fully saturated rings. The molecule has 3 aromatic rings. The molecular weight excluding hydrogens is 473 g/mol. The van der Waals surface area contributed by atoms with Gasteiger partial charge in [0.15, 0.2) is 0 Å². The number of carbonyl (C=O) groups excluding carboxylic acids is 2. The molecule has 11 heteroatoms. The molecule has 0 aliphatic carbocycles. The Bertz CT molecular complexity index is 1340. The average molecular weight is 496 g/mol. The van der Waals surface area contributed by atoms with Gasteiger partial charge >= 0.3 is 12.2 Å². The molecule has 0 saturated carbocycles. The fourth-order valence-corrected chi connectivity index (χ4v) is 3.76. The highest BCUT2D eigenvalue weighted by molar-refractivity contribution is 6.07. The van der Waals surface area contributed by atoms with Crippen LogP contribution < -0.4 is 20.4 Å². The van der Waals surface area contributed by atoms with E-state index in [1.165, 1.54) is 21.9 Å². The van der Waals surface area contributed by atoms with Gasteiger partial charge in [0, 0.05) is 36.6 Å². The zero-order valence-corrected chi connectivity index (χ0v) is 19.6. The lowest BCUT2D eigenvalue weighted by Gasteiger charge is -2.35. The smallest absolute Gasteiger partial charge is 0.351 e. The number of aryl methyl sites for hydroxylation is 1. The molecule has 8 nitrogen and oxygen atoms in total. The van der Waals surface area contributed by atoms with E-state index in [1.807, 2.05) is 6.92 Å². The van der Waals surface area contributed by atoms with E-state index in [1.54, 1.807) is 37.5 Å². The Labute approximate surface area is 205 Å². The number of anilines is 4. The standard InChI is InChI=1S/C25H23F3N6O2/c1-4-10-29-23-30-13-17-14-34(24(36)33(3)21(17)32-23)20-12-19(9-8-15(20)2)31-22(35)16-6-5-7-18(11-16)25(26,27)28/h4-9,11-13H,1,10,14H2,2-3H3,(H,31,35)(H,29,30,32). The first-order valence-electron chi connectivity index (χ1n) is 10.9. The van der Waals surface area contributed by atoms with Crippen LogP contribution in [-0.2, 0) is 12.7 Å². The number of carbonyl (C=O) groups is 2. The van der Waals surface area contributed by atoms with Gasteiger partial charge in [0.25, 0.3) is 5.91 Å². The van der Waals surface area contributed by atoms with Gasteiger partial charge in [-0.1, -0.05) is 18.2 Å². The van der Waals surface area contributed by atoms with E-state index < -0.39 is 17.6 Å². The van der Waals surface area contributed by atoms with Gasteiger partial charge in [0.05, 0.1) is 17.8 Å². The normalized spacial score (nSPS) is 13.3. The molecular formula is C25H23F3N6O2. The van der Waals surface area contributed by atoms with E-state index in [0.29, 0.717) is 29.7 Å². The topological polar surface area (TPSA) is 90.5 Å². The van der Waals surface area contributed by atoms with E-state index >= 15 is 0 Å². The first kappa shape index (κ1) is 24.7. The predicted molar refractivity (Wildman–Crippen MR) is 131 cm³/mol.